The molecule has 4 heteroatoms. The zero-order valence-corrected chi connectivity index (χ0v) is 12.5. The van der Waals surface area contributed by atoms with Crippen LogP contribution in [0.25, 0.3) is 6.08 Å². The van der Waals surface area contributed by atoms with E-state index in [4.69, 9.17) is 4.42 Å². The van der Waals surface area contributed by atoms with Crippen molar-refractivity contribution in [2.45, 2.75) is 32.1 Å². The molecule has 1 saturated carbocycles. The fourth-order valence-corrected chi connectivity index (χ4v) is 3.05. The van der Waals surface area contributed by atoms with Gasteiger partial charge in [-0.2, -0.15) is 0 Å². The summed E-state index contributed by atoms with van der Waals surface area (Å²) in [4.78, 5) is 14.0. The van der Waals surface area contributed by atoms with Gasteiger partial charge >= 0.3 is 0 Å². The maximum absolute atomic E-state index is 12.2. The van der Waals surface area contributed by atoms with Crippen LogP contribution in [0, 0.1) is 11.8 Å². The van der Waals surface area contributed by atoms with Crippen LogP contribution >= 0.6 is 0 Å². The summed E-state index contributed by atoms with van der Waals surface area (Å²) in [5.41, 5.74) is 0. The SMILES string of the molecule is CC1CC1c1ccc(/C=C/C(=O)N2CCCC(CO)C2)o1. The van der Waals surface area contributed by atoms with Crippen LogP contribution in [0.4, 0.5) is 0 Å². The largest absolute Gasteiger partial charge is 0.461 e. The van der Waals surface area contributed by atoms with Crippen molar-refractivity contribution in [3.8, 4) is 0 Å². The average molecular weight is 289 g/mol. The molecule has 2 fully saturated rings. The van der Waals surface area contributed by atoms with Crippen molar-refractivity contribution in [2.24, 2.45) is 11.8 Å². The summed E-state index contributed by atoms with van der Waals surface area (Å²) in [5, 5.41) is 9.21. The van der Waals surface area contributed by atoms with E-state index in [1.165, 1.54) is 6.42 Å². The Kier molecular flexibility index (Phi) is 4.15. The van der Waals surface area contributed by atoms with E-state index in [1.807, 2.05) is 17.0 Å². The molecule has 1 aliphatic heterocycles. The standard InChI is InChI=1S/C17H23NO3/c1-12-9-15(12)16-6-4-14(21-16)5-7-17(20)18-8-2-3-13(10-18)11-19/h4-7,12-13,15,19H,2-3,8-11H2,1H3/b7-5+. The number of furan rings is 1. The molecule has 1 amide bonds. The minimum atomic E-state index is 0.00545. The Bertz CT molecular complexity index is 534. The third kappa shape index (κ3) is 3.38. The van der Waals surface area contributed by atoms with Crippen LogP contribution in [0.2, 0.25) is 0 Å². The third-order valence-corrected chi connectivity index (χ3v) is 4.60. The molecule has 2 heterocycles. The maximum Gasteiger partial charge on any atom is 0.246 e. The molecule has 2 aliphatic rings. The molecule has 0 aromatic carbocycles. The van der Waals surface area contributed by atoms with Gasteiger partial charge in [0.1, 0.15) is 11.5 Å². The second kappa shape index (κ2) is 6.06. The van der Waals surface area contributed by atoms with Crippen molar-refractivity contribution < 1.29 is 14.3 Å². The molecule has 3 unspecified atom stereocenters. The summed E-state index contributed by atoms with van der Waals surface area (Å²) >= 11 is 0. The lowest BCUT2D eigenvalue weighted by atomic mass is 9.99. The van der Waals surface area contributed by atoms with E-state index < -0.39 is 0 Å². The molecule has 21 heavy (non-hydrogen) atoms. The van der Waals surface area contributed by atoms with Gasteiger partial charge in [-0.3, -0.25) is 4.79 Å². The van der Waals surface area contributed by atoms with Crippen molar-refractivity contribution >= 4 is 12.0 Å². The van der Waals surface area contributed by atoms with E-state index in [-0.39, 0.29) is 18.4 Å². The molecule has 3 rings (SSSR count). The molecule has 4 nitrogen and oxygen atoms in total. The maximum atomic E-state index is 12.2. The van der Waals surface area contributed by atoms with Gasteiger partial charge in [-0.1, -0.05) is 6.92 Å². The molecule has 0 bridgehead atoms. The van der Waals surface area contributed by atoms with E-state index >= 15 is 0 Å². The summed E-state index contributed by atoms with van der Waals surface area (Å²) in [6.45, 7) is 3.82. The summed E-state index contributed by atoms with van der Waals surface area (Å²) in [5.74, 6) is 3.29. The minimum Gasteiger partial charge on any atom is -0.461 e. The lowest BCUT2D eigenvalue weighted by molar-refractivity contribution is -0.127. The number of carbonyl (C=O) groups excluding carboxylic acids is 1. The van der Waals surface area contributed by atoms with Gasteiger partial charge < -0.3 is 14.4 Å². The van der Waals surface area contributed by atoms with Crippen LogP contribution in [0.5, 0.6) is 0 Å². The van der Waals surface area contributed by atoms with Crippen molar-refractivity contribution in [3.05, 3.63) is 29.7 Å². The van der Waals surface area contributed by atoms with Crippen molar-refractivity contribution in [3.63, 3.8) is 0 Å². The molecular weight excluding hydrogens is 266 g/mol. The number of carbonyl (C=O) groups is 1. The second-order valence-corrected chi connectivity index (χ2v) is 6.37. The molecule has 1 aromatic rings. The highest BCUT2D eigenvalue weighted by Gasteiger charge is 2.36. The first-order valence-corrected chi connectivity index (χ1v) is 7.85. The number of likely N-dealkylation sites (tertiary alicyclic amines) is 1. The Morgan fingerprint density at radius 1 is 1.52 bits per heavy atom. The molecule has 1 aromatic heterocycles. The average Bonchev–Trinajstić information content (AvgIpc) is 3.06. The topological polar surface area (TPSA) is 53.7 Å². The number of rotatable bonds is 4. The van der Waals surface area contributed by atoms with Crippen LogP contribution in [0.3, 0.4) is 0 Å². The van der Waals surface area contributed by atoms with E-state index in [1.54, 1.807) is 12.2 Å². The Morgan fingerprint density at radius 3 is 3.05 bits per heavy atom. The number of amides is 1. The molecule has 3 atom stereocenters. The number of piperidine rings is 1. The Balaban J connectivity index is 1.57. The van der Waals surface area contributed by atoms with Crippen LogP contribution in [0.15, 0.2) is 22.6 Å². The molecule has 114 valence electrons. The lowest BCUT2D eigenvalue weighted by Crippen LogP contribution is -2.40. The molecular formula is C17H23NO3. The zero-order valence-electron chi connectivity index (χ0n) is 12.5. The van der Waals surface area contributed by atoms with Crippen molar-refractivity contribution in [1.29, 1.82) is 0 Å². The van der Waals surface area contributed by atoms with Crippen LogP contribution in [-0.2, 0) is 4.79 Å². The molecule has 1 saturated heterocycles. The first kappa shape index (κ1) is 14.4. The predicted molar refractivity (Wildman–Crippen MR) is 80.7 cm³/mol. The first-order valence-electron chi connectivity index (χ1n) is 7.85. The second-order valence-electron chi connectivity index (χ2n) is 6.37. The Labute approximate surface area is 125 Å². The van der Waals surface area contributed by atoms with Crippen LogP contribution < -0.4 is 0 Å². The molecule has 1 N–H and O–H groups in total. The van der Waals surface area contributed by atoms with Gasteiger partial charge in [0.25, 0.3) is 0 Å². The van der Waals surface area contributed by atoms with Crippen LogP contribution in [0.1, 0.15) is 43.6 Å². The van der Waals surface area contributed by atoms with Crippen molar-refractivity contribution in [1.82, 2.24) is 4.90 Å². The highest BCUT2D eigenvalue weighted by atomic mass is 16.3. The smallest absolute Gasteiger partial charge is 0.246 e. The monoisotopic (exact) mass is 289 g/mol. The fourth-order valence-electron chi connectivity index (χ4n) is 3.05. The predicted octanol–water partition coefficient (Wildman–Crippen LogP) is 2.65. The summed E-state index contributed by atoms with van der Waals surface area (Å²) in [7, 11) is 0. The van der Waals surface area contributed by atoms with Gasteiger partial charge in [0.2, 0.25) is 5.91 Å². The van der Waals surface area contributed by atoms with Crippen LogP contribution in [-0.4, -0.2) is 35.6 Å². The molecule has 1 aliphatic carbocycles. The number of nitrogens with zero attached hydrogens (tertiary/aromatic N) is 1. The number of aliphatic hydroxyl groups excluding tert-OH is 1. The third-order valence-electron chi connectivity index (χ3n) is 4.60. The summed E-state index contributed by atoms with van der Waals surface area (Å²) < 4.78 is 5.76. The van der Waals surface area contributed by atoms with Gasteiger partial charge in [-0.05, 0) is 49.3 Å². The van der Waals surface area contributed by atoms with E-state index in [0.29, 0.717) is 12.5 Å². The fraction of sp³-hybridized carbons (Fsp3) is 0.588. The van der Waals surface area contributed by atoms with E-state index in [0.717, 1.165) is 36.8 Å². The highest BCUT2D eigenvalue weighted by Crippen LogP contribution is 2.47. The van der Waals surface area contributed by atoms with E-state index in [2.05, 4.69) is 6.92 Å². The quantitative estimate of drug-likeness (QED) is 0.867. The number of hydrogen-bond donors (Lipinski definition) is 1. The van der Waals surface area contributed by atoms with E-state index in [9.17, 15) is 9.90 Å². The normalized spacial score (nSPS) is 29.0. The van der Waals surface area contributed by atoms with Crippen molar-refractivity contribution in [2.75, 3.05) is 19.7 Å². The lowest BCUT2D eigenvalue weighted by Gasteiger charge is -2.31. The summed E-state index contributed by atoms with van der Waals surface area (Å²) in [6, 6.07) is 3.94. The highest BCUT2D eigenvalue weighted by molar-refractivity contribution is 5.91. The first-order chi connectivity index (χ1) is 10.2. The van der Waals surface area contributed by atoms with Gasteiger partial charge in [0.05, 0.1) is 0 Å². The minimum absolute atomic E-state index is 0.00545. The zero-order chi connectivity index (χ0) is 14.8. The molecule has 0 radical (unpaired) electrons. The Morgan fingerprint density at radius 2 is 2.33 bits per heavy atom. The summed E-state index contributed by atoms with van der Waals surface area (Å²) in [6.07, 6.45) is 6.51. The van der Waals surface area contributed by atoms with Gasteiger partial charge in [-0.15, -0.1) is 0 Å². The van der Waals surface area contributed by atoms with Gasteiger partial charge in [-0.25, -0.2) is 0 Å². The van der Waals surface area contributed by atoms with Gasteiger partial charge in [0.15, 0.2) is 0 Å². The Hall–Kier alpha value is -1.55. The molecule has 0 spiro atoms. The number of hydrogen-bond acceptors (Lipinski definition) is 3. The van der Waals surface area contributed by atoms with Gasteiger partial charge in [0, 0.05) is 31.7 Å². The number of aliphatic hydroxyl groups is 1.